The van der Waals surface area contributed by atoms with Crippen molar-refractivity contribution in [1.82, 2.24) is 14.7 Å². The van der Waals surface area contributed by atoms with E-state index in [2.05, 4.69) is 14.7 Å². The van der Waals surface area contributed by atoms with Gasteiger partial charge in [0.1, 0.15) is 0 Å². The molecule has 0 N–H and O–H groups in total. The van der Waals surface area contributed by atoms with Gasteiger partial charge in [-0.25, -0.2) is 0 Å². The summed E-state index contributed by atoms with van der Waals surface area (Å²) in [6.07, 6.45) is 53.5. The molecular formula is C54H89N3O2. The van der Waals surface area contributed by atoms with Crippen LogP contribution in [0.3, 0.4) is 0 Å². The Hall–Kier alpha value is -0.200. The van der Waals surface area contributed by atoms with E-state index >= 15 is 0 Å². The van der Waals surface area contributed by atoms with E-state index in [0.717, 1.165) is 65.7 Å². The molecule has 3 saturated heterocycles. The zero-order valence-electron chi connectivity index (χ0n) is 37.9. The Bertz CT molecular complexity index is 1250. The molecule has 3 heterocycles. The van der Waals surface area contributed by atoms with Gasteiger partial charge < -0.3 is 9.47 Å². The van der Waals surface area contributed by atoms with Gasteiger partial charge in [0.2, 0.25) is 0 Å². The lowest BCUT2D eigenvalue weighted by molar-refractivity contribution is -0.192. The van der Waals surface area contributed by atoms with E-state index in [1.165, 1.54) is 180 Å². The summed E-state index contributed by atoms with van der Waals surface area (Å²) in [5.74, 6) is 6.00. The Kier molecular flexibility index (Phi) is 12.1. The normalized spacial score (nSPS) is 50.7. The third kappa shape index (κ3) is 7.61. The van der Waals surface area contributed by atoms with E-state index in [4.69, 9.17) is 9.47 Å². The maximum atomic E-state index is 7.11. The largest absolute Gasteiger partial charge is 0.372 e. The molecule has 332 valence electrons. The molecule has 12 aliphatic rings. The Labute approximate surface area is 362 Å². The minimum atomic E-state index is 0.524. The second kappa shape index (κ2) is 17.6. The molecule has 0 bridgehead atoms. The molecule has 3 aliphatic heterocycles. The van der Waals surface area contributed by atoms with E-state index in [-0.39, 0.29) is 0 Å². The van der Waals surface area contributed by atoms with Crippen molar-refractivity contribution in [2.75, 3.05) is 0 Å². The van der Waals surface area contributed by atoms with Gasteiger partial charge in [-0.3, -0.25) is 14.7 Å². The summed E-state index contributed by atoms with van der Waals surface area (Å²) in [5.41, 5.74) is 0. The lowest BCUT2D eigenvalue weighted by Gasteiger charge is -2.58. The summed E-state index contributed by atoms with van der Waals surface area (Å²) in [7, 11) is 0. The molecular weight excluding hydrogens is 723 g/mol. The predicted molar refractivity (Wildman–Crippen MR) is 239 cm³/mol. The number of hydrogen-bond donors (Lipinski definition) is 0. The van der Waals surface area contributed by atoms with Crippen LogP contribution in [-0.4, -0.2) is 93.5 Å². The molecule has 0 aromatic rings. The van der Waals surface area contributed by atoms with Crippen LogP contribution in [0.15, 0.2) is 0 Å². The third-order valence-electron chi connectivity index (χ3n) is 21.6. The average Bonchev–Trinajstić information content (AvgIpc) is 3.63. The first-order valence-electron chi connectivity index (χ1n) is 27.9. The van der Waals surface area contributed by atoms with Crippen LogP contribution in [0.1, 0.15) is 225 Å². The Morgan fingerprint density at radius 2 is 0.576 bits per heavy atom. The minimum Gasteiger partial charge on any atom is -0.372 e. The zero-order chi connectivity index (χ0) is 38.9. The van der Waals surface area contributed by atoms with Crippen molar-refractivity contribution in [1.29, 1.82) is 0 Å². The summed E-state index contributed by atoms with van der Waals surface area (Å²) >= 11 is 0. The van der Waals surface area contributed by atoms with Gasteiger partial charge in [0, 0.05) is 54.4 Å². The van der Waals surface area contributed by atoms with E-state index in [1.54, 1.807) is 44.9 Å². The molecule has 12 fully saturated rings. The van der Waals surface area contributed by atoms with Crippen LogP contribution in [0.4, 0.5) is 0 Å². The quantitative estimate of drug-likeness (QED) is 0.276. The fourth-order valence-electron chi connectivity index (χ4n) is 19.2. The minimum absolute atomic E-state index is 0.524. The van der Waals surface area contributed by atoms with Crippen molar-refractivity contribution in [3.63, 3.8) is 0 Å². The Balaban J connectivity index is 0.884. The van der Waals surface area contributed by atoms with E-state index in [9.17, 15) is 0 Å². The number of morpholine rings is 2. The number of nitrogens with zero attached hydrogens (tertiary/aromatic N) is 3. The molecule has 9 saturated carbocycles. The average molecular weight is 812 g/mol. The van der Waals surface area contributed by atoms with Crippen molar-refractivity contribution < 1.29 is 9.47 Å². The van der Waals surface area contributed by atoms with Crippen molar-refractivity contribution in [2.24, 2.45) is 35.5 Å². The van der Waals surface area contributed by atoms with Crippen LogP contribution >= 0.6 is 0 Å². The highest BCUT2D eigenvalue weighted by atomic mass is 16.5. The summed E-state index contributed by atoms with van der Waals surface area (Å²) in [6, 6.07) is 6.96. The predicted octanol–water partition coefficient (Wildman–Crippen LogP) is 12.2. The van der Waals surface area contributed by atoms with Gasteiger partial charge >= 0.3 is 0 Å². The Morgan fingerprint density at radius 1 is 0.237 bits per heavy atom. The first kappa shape index (κ1) is 40.3. The van der Waals surface area contributed by atoms with Crippen LogP contribution < -0.4 is 0 Å². The summed E-state index contributed by atoms with van der Waals surface area (Å²) < 4.78 is 14.2. The number of ether oxygens (including phenoxy) is 2. The maximum absolute atomic E-state index is 7.11. The molecule has 9 aliphatic carbocycles. The monoisotopic (exact) mass is 812 g/mol. The van der Waals surface area contributed by atoms with E-state index in [1.807, 2.05) is 0 Å². The molecule has 0 radical (unpaired) electrons. The van der Waals surface area contributed by atoms with Gasteiger partial charge in [-0.2, -0.15) is 0 Å². The molecule has 5 heteroatoms. The molecule has 16 unspecified atom stereocenters. The highest BCUT2D eigenvalue weighted by molar-refractivity contribution is 5.13. The van der Waals surface area contributed by atoms with Crippen LogP contribution in [0.25, 0.3) is 0 Å². The van der Waals surface area contributed by atoms with Crippen LogP contribution in [0.5, 0.6) is 0 Å². The van der Waals surface area contributed by atoms with Crippen molar-refractivity contribution in [3.8, 4) is 0 Å². The second-order valence-corrected chi connectivity index (χ2v) is 24.2. The zero-order valence-corrected chi connectivity index (χ0v) is 37.9. The first-order chi connectivity index (χ1) is 29.2. The van der Waals surface area contributed by atoms with Crippen LogP contribution in [-0.2, 0) is 9.47 Å². The smallest absolute Gasteiger partial charge is 0.0735 e. The van der Waals surface area contributed by atoms with Gasteiger partial charge in [-0.05, 0) is 145 Å². The summed E-state index contributed by atoms with van der Waals surface area (Å²) in [5, 5.41) is 0. The highest BCUT2D eigenvalue weighted by Crippen LogP contribution is 2.57. The molecule has 5 nitrogen and oxygen atoms in total. The molecule has 0 amide bonds. The summed E-state index contributed by atoms with van der Waals surface area (Å²) in [6.45, 7) is 0. The first-order valence-corrected chi connectivity index (χ1v) is 27.9. The number of likely N-dealkylation sites (tertiary alicyclic amines) is 1. The van der Waals surface area contributed by atoms with Gasteiger partial charge in [-0.15, -0.1) is 0 Å². The van der Waals surface area contributed by atoms with Gasteiger partial charge in [0.15, 0.2) is 0 Å². The molecule has 0 aromatic carbocycles. The van der Waals surface area contributed by atoms with Crippen molar-refractivity contribution in [2.45, 2.75) is 304 Å². The van der Waals surface area contributed by atoms with E-state index < -0.39 is 0 Å². The molecule has 12 rings (SSSR count). The standard InChI is InChI=1S/C54H89N3O2/c1-3-15-36(16-4-1)38-31-39(37-17-5-2-6-18-37)33-42(32-38)57-49-34-40(55-45-19-7-11-23-51(45)58-52-24-12-8-20-46(52)55)27-29-43(49)44-30-28-41(35-50(44)57)56-47-21-9-13-25-53(47)59-54-26-14-10-22-48(54)56/h36-54H,1-35H2. The second-order valence-electron chi connectivity index (χ2n) is 24.2. The van der Waals surface area contributed by atoms with Crippen LogP contribution in [0.2, 0.25) is 0 Å². The third-order valence-corrected chi connectivity index (χ3v) is 21.6. The molecule has 0 aromatic heterocycles. The topological polar surface area (TPSA) is 28.2 Å². The number of hydrogen-bond acceptors (Lipinski definition) is 5. The van der Waals surface area contributed by atoms with Gasteiger partial charge in [0.25, 0.3) is 0 Å². The fraction of sp³-hybridized carbons (Fsp3) is 1.00. The van der Waals surface area contributed by atoms with Crippen LogP contribution in [0, 0.1) is 35.5 Å². The van der Waals surface area contributed by atoms with Gasteiger partial charge in [-0.1, -0.05) is 116 Å². The molecule has 0 spiro atoms. The lowest BCUT2D eigenvalue weighted by atomic mass is 9.63. The molecule has 59 heavy (non-hydrogen) atoms. The lowest BCUT2D eigenvalue weighted by Crippen LogP contribution is -2.66. The van der Waals surface area contributed by atoms with E-state index in [0.29, 0.717) is 48.6 Å². The SMILES string of the molecule is C1CCC(C2CC(C3CCCCC3)CC(N3C4CC(N5C6CCCCC6OC6CCCCC65)CCC4C4CCC(N5C6CCCCC6OC6CCCCC65)CC43)C2)CC1. The van der Waals surface area contributed by atoms with Crippen molar-refractivity contribution in [3.05, 3.63) is 0 Å². The number of rotatable bonds is 5. The maximum Gasteiger partial charge on any atom is 0.0735 e. The Morgan fingerprint density at radius 3 is 0.966 bits per heavy atom. The number of fused-ring (bicyclic) bond motifs is 7. The highest BCUT2D eigenvalue weighted by Gasteiger charge is 2.59. The summed E-state index contributed by atoms with van der Waals surface area (Å²) in [4.78, 5) is 10.1. The molecule has 16 atom stereocenters. The van der Waals surface area contributed by atoms with Crippen molar-refractivity contribution >= 4 is 0 Å². The van der Waals surface area contributed by atoms with Gasteiger partial charge in [0.05, 0.1) is 24.4 Å². The fourth-order valence-corrected chi connectivity index (χ4v) is 19.2.